The van der Waals surface area contributed by atoms with E-state index in [-0.39, 0.29) is 0 Å². The number of ether oxygens (including phenoxy) is 1. The van der Waals surface area contributed by atoms with Gasteiger partial charge in [-0.1, -0.05) is 0 Å². The van der Waals surface area contributed by atoms with Crippen LogP contribution in [0, 0.1) is 0 Å². The summed E-state index contributed by atoms with van der Waals surface area (Å²) in [5.41, 5.74) is 0. The second kappa shape index (κ2) is 2.67. The van der Waals surface area contributed by atoms with Gasteiger partial charge in [0.2, 0.25) is 0 Å². The van der Waals surface area contributed by atoms with Crippen molar-refractivity contribution in [3.05, 3.63) is 0 Å². The van der Waals surface area contributed by atoms with Crippen molar-refractivity contribution in [2.24, 2.45) is 0 Å². The van der Waals surface area contributed by atoms with E-state index in [4.69, 9.17) is 4.74 Å². The van der Waals surface area contributed by atoms with Gasteiger partial charge in [-0.25, -0.2) is 0 Å². The van der Waals surface area contributed by atoms with Crippen LogP contribution in [0.3, 0.4) is 0 Å². The molecule has 0 aromatic carbocycles. The van der Waals surface area contributed by atoms with Gasteiger partial charge in [0.05, 0.1) is 13.3 Å². The van der Waals surface area contributed by atoms with Gasteiger partial charge < -0.3 is 4.74 Å². The van der Waals surface area contributed by atoms with E-state index in [1.54, 1.807) is 0 Å². The van der Waals surface area contributed by atoms with Gasteiger partial charge in [-0.15, -0.1) is 0 Å². The number of nitrogens with zero attached hydrogens (tertiary/aromatic N) is 1. The first-order valence-electron chi connectivity index (χ1n) is 3.55. The van der Waals surface area contributed by atoms with E-state index in [0.29, 0.717) is 12.1 Å². The first kappa shape index (κ1) is 7.03. The zero-order valence-electron chi connectivity index (χ0n) is 6.42. The van der Waals surface area contributed by atoms with Gasteiger partial charge in [0.25, 0.3) is 0 Å². The smallest absolute Gasteiger partial charge is 0.0996 e. The predicted molar refractivity (Wildman–Crippen MR) is 37.3 cm³/mol. The van der Waals surface area contributed by atoms with E-state index in [2.05, 4.69) is 25.7 Å². The SMILES string of the molecule is CC(C)N1COC[C@H]1C. The van der Waals surface area contributed by atoms with Crippen LogP contribution in [0.15, 0.2) is 0 Å². The minimum absolute atomic E-state index is 0.616. The molecule has 0 spiro atoms. The highest BCUT2D eigenvalue weighted by atomic mass is 16.5. The van der Waals surface area contributed by atoms with Gasteiger partial charge in [-0.05, 0) is 20.8 Å². The van der Waals surface area contributed by atoms with Crippen LogP contribution in [0.25, 0.3) is 0 Å². The molecule has 0 saturated carbocycles. The molecule has 0 N–H and O–H groups in total. The quantitative estimate of drug-likeness (QED) is 0.525. The van der Waals surface area contributed by atoms with Crippen molar-refractivity contribution in [1.29, 1.82) is 0 Å². The number of hydrogen-bond donors (Lipinski definition) is 0. The maximum absolute atomic E-state index is 5.26. The highest BCUT2D eigenvalue weighted by molar-refractivity contribution is 4.71. The van der Waals surface area contributed by atoms with Gasteiger partial charge in [0, 0.05) is 12.1 Å². The molecule has 0 aromatic rings. The van der Waals surface area contributed by atoms with Crippen molar-refractivity contribution in [3.63, 3.8) is 0 Å². The van der Waals surface area contributed by atoms with Gasteiger partial charge in [-0.2, -0.15) is 0 Å². The minimum Gasteiger partial charge on any atom is -0.364 e. The molecule has 1 aliphatic heterocycles. The monoisotopic (exact) mass is 129 g/mol. The highest BCUT2D eigenvalue weighted by Gasteiger charge is 2.22. The molecule has 1 aliphatic rings. The van der Waals surface area contributed by atoms with E-state index in [1.165, 1.54) is 0 Å². The van der Waals surface area contributed by atoms with Crippen molar-refractivity contribution in [2.45, 2.75) is 32.9 Å². The van der Waals surface area contributed by atoms with Crippen LogP contribution in [-0.2, 0) is 4.74 Å². The Hall–Kier alpha value is -0.0800. The summed E-state index contributed by atoms with van der Waals surface area (Å²) in [6, 6.07) is 1.24. The maximum Gasteiger partial charge on any atom is 0.0996 e. The Morgan fingerprint density at radius 1 is 1.56 bits per heavy atom. The molecule has 2 heteroatoms. The average Bonchev–Trinajstić information content (AvgIpc) is 2.13. The summed E-state index contributed by atoms with van der Waals surface area (Å²) in [5.74, 6) is 0. The first-order chi connectivity index (χ1) is 4.22. The first-order valence-corrected chi connectivity index (χ1v) is 3.55. The Morgan fingerprint density at radius 3 is 2.44 bits per heavy atom. The molecule has 2 nitrogen and oxygen atoms in total. The molecule has 0 aromatic heterocycles. The van der Waals surface area contributed by atoms with Crippen LogP contribution in [-0.4, -0.2) is 30.3 Å². The van der Waals surface area contributed by atoms with E-state index < -0.39 is 0 Å². The lowest BCUT2D eigenvalue weighted by Gasteiger charge is -2.22. The van der Waals surface area contributed by atoms with Gasteiger partial charge in [0.15, 0.2) is 0 Å². The molecule has 0 unspecified atom stereocenters. The van der Waals surface area contributed by atoms with Crippen LogP contribution >= 0.6 is 0 Å². The third-order valence-electron chi connectivity index (χ3n) is 1.83. The van der Waals surface area contributed by atoms with E-state index >= 15 is 0 Å². The van der Waals surface area contributed by atoms with Crippen molar-refractivity contribution >= 4 is 0 Å². The fourth-order valence-electron chi connectivity index (χ4n) is 1.21. The molecule has 1 atom stereocenters. The van der Waals surface area contributed by atoms with Crippen LogP contribution < -0.4 is 0 Å². The normalized spacial score (nSPS) is 30.0. The van der Waals surface area contributed by atoms with Crippen LogP contribution in [0.4, 0.5) is 0 Å². The lowest BCUT2D eigenvalue weighted by molar-refractivity contribution is 0.119. The molecule has 1 heterocycles. The molecule has 1 rings (SSSR count). The molecular formula is C7H15NO. The van der Waals surface area contributed by atoms with Gasteiger partial charge in [0.1, 0.15) is 0 Å². The van der Waals surface area contributed by atoms with E-state index in [9.17, 15) is 0 Å². The Balaban J connectivity index is 2.40. The summed E-state index contributed by atoms with van der Waals surface area (Å²) in [4.78, 5) is 2.35. The summed E-state index contributed by atoms with van der Waals surface area (Å²) in [6.45, 7) is 8.32. The summed E-state index contributed by atoms with van der Waals surface area (Å²) in [5, 5.41) is 0. The zero-order chi connectivity index (χ0) is 6.85. The van der Waals surface area contributed by atoms with Gasteiger partial charge >= 0.3 is 0 Å². The van der Waals surface area contributed by atoms with Crippen LogP contribution in [0.2, 0.25) is 0 Å². The lowest BCUT2D eigenvalue weighted by atomic mass is 10.2. The topological polar surface area (TPSA) is 12.5 Å². The fraction of sp³-hybridized carbons (Fsp3) is 1.00. The largest absolute Gasteiger partial charge is 0.364 e. The lowest BCUT2D eigenvalue weighted by Crippen LogP contribution is -2.34. The summed E-state index contributed by atoms with van der Waals surface area (Å²) >= 11 is 0. The van der Waals surface area contributed by atoms with Crippen molar-refractivity contribution in [1.82, 2.24) is 4.90 Å². The van der Waals surface area contributed by atoms with Crippen molar-refractivity contribution in [2.75, 3.05) is 13.3 Å². The summed E-state index contributed by atoms with van der Waals surface area (Å²) in [6.07, 6.45) is 0. The van der Waals surface area contributed by atoms with E-state index in [0.717, 1.165) is 13.3 Å². The number of hydrogen-bond acceptors (Lipinski definition) is 2. The molecule has 0 radical (unpaired) electrons. The third kappa shape index (κ3) is 1.43. The fourth-order valence-corrected chi connectivity index (χ4v) is 1.21. The van der Waals surface area contributed by atoms with Crippen LogP contribution in [0.1, 0.15) is 20.8 Å². The van der Waals surface area contributed by atoms with Crippen molar-refractivity contribution in [3.8, 4) is 0 Å². The average molecular weight is 129 g/mol. The molecule has 9 heavy (non-hydrogen) atoms. The molecular weight excluding hydrogens is 114 g/mol. The molecule has 1 fully saturated rings. The molecule has 54 valence electrons. The Bertz CT molecular complexity index is 92.9. The molecule has 0 bridgehead atoms. The predicted octanol–water partition coefficient (Wildman–Crippen LogP) is 1.07. The highest BCUT2D eigenvalue weighted by Crippen LogP contribution is 2.11. The van der Waals surface area contributed by atoms with E-state index in [1.807, 2.05) is 0 Å². The molecule has 0 aliphatic carbocycles. The van der Waals surface area contributed by atoms with Crippen LogP contribution in [0.5, 0.6) is 0 Å². The van der Waals surface area contributed by atoms with Gasteiger partial charge in [-0.3, -0.25) is 4.90 Å². The summed E-state index contributed by atoms with van der Waals surface area (Å²) in [7, 11) is 0. The third-order valence-corrected chi connectivity index (χ3v) is 1.83. The zero-order valence-corrected chi connectivity index (χ0v) is 6.42. The molecule has 1 saturated heterocycles. The minimum atomic E-state index is 0.616. The Labute approximate surface area is 56.8 Å². The second-order valence-electron chi connectivity index (χ2n) is 2.96. The Kier molecular flexibility index (Phi) is 2.09. The summed E-state index contributed by atoms with van der Waals surface area (Å²) < 4.78 is 5.26. The maximum atomic E-state index is 5.26. The standard InChI is InChI=1S/C7H15NO/c1-6(2)8-5-9-4-7(8)3/h6-7H,4-5H2,1-3H3/t7-/m1/s1. The number of rotatable bonds is 1. The van der Waals surface area contributed by atoms with Crippen molar-refractivity contribution < 1.29 is 4.74 Å². The second-order valence-corrected chi connectivity index (χ2v) is 2.96. The molecule has 0 amide bonds. The Morgan fingerprint density at radius 2 is 2.22 bits per heavy atom.